The molecule has 0 fully saturated rings. The molecule has 0 aliphatic heterocycles. The number of anilines is 1. The maximum atomic E-state index is 12.3. The highest BCUT2D eigenvalue weighted by atomic mass is 16.5. The molecule has 0 aliphatic carbocycles. The van der Waals surface area contributed by atoms with Crippen LogP contribution in [0.1, 0.15) is 46.9 Å². The van der Waals surface area contributed by atoms with Gasteiger partial charge in [-0.2, -0.15) is 0 Å². The fraction of sp³-hybridized carbons (Fsp3) is 0.300. The van der Waals surface area contributed by atoms with Gasteiger partial charge < -0.3 is 15.4 Å². The van der Waals surface area contributed by atoms with Gasteiger partial charge in [0.2, 0.25) is 0 Å². The van der Waals surface area contributed by atoms with Crippen LogP contribution in [0.4, 0.5) is 5.69 Å². The Morgan fingerprint density at radius 2 is 1.72 bits per heavy atom. The van der Waals surface area contributed by atoms with Gasteiger partial charge in [-0.05, 0) is 48.9 Å². The Morgan fingerprint density at radius 1 is 0.960 bits per heavy atom. The quantitative estimate of drug-likeness (QED) is 0.717. The highest BCUT2D eigenvalue weighted by Gasteiger charge is 2.08. The minimum Gasteiger partial charge on any atom is -0.494 e. The van der Waals surface area contributed by atoms with Gasteiger partial charge in [0.15, 0.2) is 0 Å². The first-order valence-electron chi connectivity index (χ1n) is 8.50. The lowest BCUT2D eigenvalue weighted by Gasteiger charge is -2.09. The summed E-state index contributed by atoms with van der Waals surface area (Å²) < 4.78 is 5.64. The number of carbonyl (C=O) groups is 2. The van der Waals surface area contributed by atoms with E-state index in [1.807, 2.05) is 0 Å². The molecule has 0 atom stereocenters. The SMILES string of the molecule is CCCCCOc1ccc(C(=O)Nc2cccc(C(=O)NC)c2)cc1. The van der Waals surface area contributed by atoms with Gasteiger partial charge >= 0.3 is 0 Å². The zero-order chi connectivity index (χ0) is 18.1. The average molecular weight is 340 g/mol. The van der Waals surface area contributed by atoms with E-state index < -0.39 is 0 Å². The van der Waals surface area contributed by atoms with Crippen molar-refractivity contribution >= 4 is 17.5 Å². The van der Waals surface area contributed by atoms with Crippen LogP contribution in [-0.4, -0.2) is 25.5 Å². The van der Waals surface area contributed by atoms with Gasteiger partial charge in [0, 0.05) is 23.9 Å². The van der Waals surface area contributed by atoms with E-state index in [4.69, 9.17) is 4.74 Å². The third kappa shape index (κ3) is 5.64. The minimum absolute atomic E-state index is 0.194. The fourth-order valence-corrected chi connectivity index (χ4v) is 2.33. The van der Waals surface area contributed by atoms with Crippen LogP contribution in [0.25, 0.3) is 0 Å². The predicted molar refractivity (Wildman–Crippen MR) is 99.2 cm³/mol. The molecule has 0 radical (unpaired) electrons. The molecule has 0 saturated heterocycles. The molecular formula is C20H24N2O3. The maximum absolute atomic E-state index is 12.3. The summed E-state index contributed by atoms with van der Waals surface area (Å²) in [7, 11) is 1.57. The van der Waals surface area contributed by atoms with E-state index in [0.29, 0.717) is 23.4 Å². The van der Waals surface area contributed by atoms with E-state index in [1.54, 1.807) is 55.6 Å². The molecule has 0 spiro atoms. The molecule has 5 heteroatoms. The first-order chi connectivity index (χ1) is 12.1. The van der Waals surface area contributed by atoms with Gasteiger partial charge in [-0.25, -0.2) is 0 Å². The van der Waals surface area contributed by atoms with E-state index in [1.165, 1.54) is 0 Å². The zero-order valence-electron chi connectivity index (χ0n) is 14.7. The average Bonchev–Trinajstić information content (AvgIpc) is 2.65. The number of hydrogen-bond donors (Lipinski definition) is 2. The first-order valence-corrected chi connectivity index (χ1v) is 8.50. The monoisotopic (exact) mass is 340 g/mol. The first kappa shape index (κ1) is 18.5. The minimum atomic E-state index is -0.230. The molecule has 0 aromatic heterocycles. The van der Waals surface area contributed by atoms with E-state index in [9.17, 15) is 9.59 Å². The molecule has 0 aliphatic rings. The van der Waals surface area contributed by atoms with Crippen molar-refractivity contribution in [3.63, 3.8) is 0 Å². The number of amides is 2. The normalized spacial score (nSPS) is 10.2. The Hall–Kier alpha value is -2.82. The third-order valence-corrected chi connectivity index (χ3v) is 3.74. The summed E-state index contributed by atoms with van der Waals surface area (Å²) in [5.74, 6) is 0.335. The van der Waals surface area contributed by atoms with Crippen molar-refractivity contribution in [3.05, 3.63) is 59.7 Å². The Balaban J connectivity index is 1.95. The summed E-state index contributed by atoms with van der Waals surface area (Å²) in [6.07, 6.45) is 3.33. The number of rotatable bonds is 8. The number of unbranched alkanes of at least 4 members (excludes halogenated alkanes) is 2. The molecule has 2 aromatic carbocycles. The van der Waals surface area contributed by atoms with Gasteiger partial charge in [0.1, 0.15) is 5.75 Å². The van der Waals surface area contributed by atoms with Crippen molar-refractivity contribution in [1.82, 2.24) is 5.32 Å². The Bertz CT molecular complexity index is 711. The molecule has 132 valence electrons. The summed E-state index contributed by atoms with van der Waals surface area (Å²) in [4.78, 5) is 24.0. The third-order valence-electron chi connectivity index (χ3n) is 3.74. The zero-order valence-corrected chi connectivity index (χ0v) is 14.7. The standard InChI is InChI=1S/C20H24N2O3/c1-3-4-5-13-25-18-11-9-15(10-12-18)20(24)22-17-8-6-7-16(14-17)19(23)21-2/h6-12,14H,3-5,13H2,1-2H3,(H,21,23)(H,22,24). The van der Waals surface area contributed by atoms with Gasteiger partial charge in [-0.3, -0.25) is 9.59 Å². The van der Waals surface area contributed by atoms with Crippen LogP contribution in [0.15, 0.2) is 48.5 Å². The summed E-state index contributed by atoms with van der Waals surface area (Å²) in [5.41, 5.74) is 1.60. The van der Waals surface area contributed by atoms with Gasteiger partial charge in [0.25, 0.3) is 11.8 Å². The van der Waals surface area contributed by atoms with Gasteiger partial charge in [-0.1, -0.05) is 25.8 Å². The lowest BCUT2D eigenvalue weighted by molar-refractivity contribution is 0.0961. The van der Waals surface area contributed by atoms with Crippen LogP contribution in [0.3, 0.4) is 0 Å². The molecule has 0 saturated carbocycles. The molecular weight excluding hydrogens is 316 g/mol. The molecule has 2 amide bonds. The fourth-order valence-electron chi connectivity index (χ4n) is 2.33. The smallest absolute Gasteiger partial charge is 0.255 e. The molecule has 25 heavy (non-hydrogen) atoms. The molecule has 2 aromatic rings. The van der Waals surface area contributed by atoms with E-state index in [2.05, 4.69) is 17.6 Å². The van der Waals surface area contributed by atoms with E-state index in [-0.39, 0.29) is 11.8 Å². The highest BCUT2D eigenvalue weighted by molar-refractivity contribution is 6.05. The Morgan fingerprint density at radius 3 is 2.40 bits per heavy atom. The number of carbonyl (C=O) groups excluding carboxylic acids is 2. The molecule has 5 nitrogen and oxygen atoms in total. The summed E-state index contributed by atoms with van der Waals surface area (Å²) in [6.45, 7) is 2.84. The molecule has 0 heterocycles. The highest BCUT2D eigenvalue weighted by Crippen LogP contribution is 2.16. The largest absolute Gasteiger partial charge is 0.494 e. The van der Waals surface area contributed by atoms with E-state index in [0.717, 1.165) is 25.0 Å². The van der Waals surface area contributed by atoms with Crippen LogP contribution in [0.2, 0.25) is 0 Å². The molecule has 2 rings (SSSR count). The van der Waals surface area contributed by atoms with Crippen LogP contribution in [0, 0.1) is 0 Å². The van der Waals surface area contributed by atoms with Crippen molar-refractivity contribution in [2.45, 2.75) is 26.2 Å². The van der Waals surface area contributed by atoms with Crippen LogP contribution < -0.4 is 15.4 Å². The predicted octanol–water partition coefficient (Wildman–Crippen LogP) is 3.87. The summed E-state index contributed by atoms with van der Waals surface area (Å²) >= 11 is 0. The van der Waals surface area contributed by atoms with Crippen molar-refractivity contribution in [2.75, 3.05) is 19.0 Å². The Kier molecular flexibility index (Phi) is 7.01. The van der Waals surface area contributed by atoms with Crippen molar-refractivity contribution < 1.29 is 14.3 Å². The van der Waals surface area contributed by atoms with Crippen molar-refractivity contribution in [3.8, 4) is 5.75 Å². The van der Waals surface area contributed by atoms with Gasteiger partial charge in [-0.15, -0.1) is 0 Å². The summed E-state index contributed by atoms with van der Waals surface area (Å²) in [5, 5.41) is 5.36. The van der Waals surface area contributed by atoms with Crippen molar-refractivity contribution in [1.29, 1.82) is 0 Å². The second-order valence-corrected chi connectivity index (χ2v) is 5.69. The number of benzene rings is 2. The number of hydrogen-bond acceptors (Lipinski definition) is 3. The van der Waals surface area contributed by atoms with Crippen molar-refractivity contribution in [2.24, 2.45) is 0 Å². The Labute approximate surface area is 148 Å². The maximum Gasteiger partial charge on any atom is 0.255 e. The van der Waals surface area contributed by atoms with E-state index >= 15 is 0 Å². The molecule has 0 unspecified atom stereocenters. The molecule has 2 N–H and O–H groups in total. The number of ether oxygens (including phenoxy) is 1. The second kappa shape index (κ2) is 9.47. The topological polar surface area (TPSA) is 67.4 Å². The van der Waals surface area contributed by atoms with Gasteiger partial charge in [0.05, 0.1) is 6.61 Å². The lowest BCUT2D eigenvalue weighted by atomic mass is 10.1. The summed E-state index contributed by atoms with van der Waals surface area (Å²) in [6, 6.07) is 13.9. The lowest BCUT2D eigenvalue weighted by Crippen LogP contribution is -2.18. The molecule has 0 bridgehead atoms. The van der Waals surface area contributed by atoms with Crippen LogP contribution >= 0.6 is 0 Å². The van der Waals surface area contributed by atoms with Crippen LogP contribution in [-0.2, 0) is 0 Å². The second-order valence-electron chi connectivity index (χ2n) is 5.69. The van der Waals surface area contributed by atoms with Crippen LogP contribution in [0.5, 0.6) is 5.75 Å². The number of nitrogens with one attached hydrogen (secondary N) is 2.